The van der Waals surface area contributed by atoms with E-state index in [2.05, 4.69) is 5.32 Å². The number of ether oxygens (including phenoxy) is 2. The summed E-state index contributed by atoms with van der Waals surface area (Å²) in [6, 6.07) is 12.7. The maximum Gasteiger partial charge on any atom is 0.311 e. The summed E-state index contributed by atoms with van der Waals surface area (Å²) in [7, 11) is 0. The van der Waals surface area contributed by atoms with Crippen LogP contribution in [0.2, 0.25) is 5.02 Å². The number of nitrogens with one attached hydrogen (secondary N) is 1. The van der Waals surface area contributed by atoms with Crippen molar-refractivity contribution < 1.29 is 33.0 Å². The predicted octanol–water partition coefficient (Wildman–Crippen LogP) is 5.33. The lowest BCUT2D eigenvalue weighted by Crippen LogP contribution is -2.25. The monoisotopic (exact) mass is 487 g/mol. The number of amides is 1. The zero-order valence-electron chi connectivity index (χ0n) is 17.8. The third-order valence-electron chi connectivity index (χ3n) is 5.44. The van der Waals surface area contributed by atoms with Crippen LogP contribution in [0.15, 0.2) is 54.6 Å². The highest BCUT2D eigenvalue weighted by atomic mass is 35.5. The first kappa shape index (κ1) is 23.5. The van der Waals surface area contributed by atoms with Crippen molar-refractivity contribution in [1.29, 1.82) is 0 Å². The fourth-order valence-electron chi connectivity index (χ4n) is 3.66. The largest absolute Gasteiger partial charge is 0.493 e. The maximum absolute atomic E-state index is 13.7. The van der Waals surface area contributed by atoms with Crippen LogP contribution in [0.5, 0.6) is 17.2 Å². The zero-order chi connectivity index (χ0) is 24.2. The standard InChI is InChI=1S/C25H20ClF2NO5/c26-20-12-19-18(25(31)32)8-10-33-22(19)13-23(20)34-17-5-2-15(3-6-17)24(30)29-9-7-14-1-4-16(27)11-21(14)28/h1-6,11-13,18H,7-10H2,(H,29,30)(H,31,32). The van der Waals surface area contributed by atoms with Gasteiger partial charge in [-0.15, -0.1) is 0 Å². The first-order valence-electron chi connectivity index (χ1n) is 10.5. The van der Waals surface area contributed by atoms with E-state index in [1.165, 1.54) is 18.2 Å². The van der Waals surface area contributed by atoms with Crippen molar-refractivity contribution in [1.82, 2.24) is 5.32 Å². The van der Waals surface area contributed by atoms with Crippen LogP contribution in [0, 0.1) is 11.6 Å². The topological polar surface area (TPSA) is 84.9 Å². The number of aliphatic carboxylic acids is 1. The van der Waals surface area contributed by atoms with Crippen molar-refractivity contribution in [3.05, 3.63) is 87.9 Å². The summed E-state index contributed by atoms with van der Waals surface area (Å²) in [6.45, 7) is 0.463. The highest BCUT2D eigenvalue weighted by Gasteiger charge is 2.29. The van der Waals surface area contributed by atoms with Crippen LogP contribution in [0.1, 0.15) is 33.8 Å². The first-order chi connectivity index (χ1) is 16.3. The number of rotatable bonds is 7. The molecule has 34 heavy (non-hydrogen) atoms. The molecule has 6 nitrogen and oxygen atoms in total. The van der Waals surface area contributed by atoms with E-state index in [1.54, 1.807) is 30.3 Å². The Labute approximate surface area is 199 Å². The Bertz CT molecular complexity index is 1230. The molecule has 3 aromatic carbocycles. The van der Waals surface area contributed by atoms with Crippen LogP contribution >= 0.6 is 11.6 Å². The number of hydrogen-bond acceptors (Lipinski definition) is 4. The van der Waals surface area contributed by atoms with Gasteiger partial charge in [-0.25, -0.2) is 8.78 Å². The van der Waals surface area contributed by atoms with Crippen LogP contribution in [0.4, 0.5) is 8.78 Å². The molecule has 1 aliphatic rings. The fraction of sp³-hybridized carbons (Fsp3) is 0.200. The third-order valence-corrected chi connectivity index (χ3v) is 5.74. The smallest absolute Gasteiger partial charge is 0.311 e. The van der Waals surface area contributed by atoms with Gasteiger partial charge in [0.05, 0.1) is 17.5 Å². The van der Waals surface area contributed by atoms with Crippen molar-refractivity contribution in [3.8, 4) is 17.2 Å². The highest BCUT2D eigenvalue weighted by Crippen LogP contribution is 2.41. The molecule has 0 saturated carbocycles. The van der Waals surface area contributed by atoms with E-state index in [-0.39, 0.29) is 30.5 Å². The van der Waals surface area contributed by atoms with Crippen LogP contribution in [0.25, 0.3) is 0 Å². The van der Waals surface area contributed by atoms with E-state index < -0.39 is 23.5 Å². The van der Waals surface area contributed by atoms with Gasteiger partial charge in [-0.05, 0) is 54.8 Å². The van der Waals surface area contributed by atoms with Gasteiger partial charge in [-0.3, -0.25) is 9.59 Å². The summed E-state index contributed by atoms with van der Waals surface area (Å²) in [4.78, 5) is 23.8. The molecule has 4 rings (SSSR count). The van der Waals surface area contributed by atoms with Gasteiger partial charge < -0.3 is 19.9 Å². The number of carboxylic acid groups (broad SMARTS) is 1. The van der Waals surface area contributed by atoms with Gasteiger partial charge in [0.2, 0.25) is 0 Å². The molecular formula is C25H20ClF2NO5. The molecule has 0 bridgehead atoms. The second kappa shape index (κ2) is 10.1. The number of fused-ring (bicyclic) bond motifs is 1. The minimum absolute atomic E-state index is 0.182. The lowest BCUT2D eigenvalue weighted by atomic mass is 9.93. The van der Waals surface area contributed by atoms with Crippen LogP contribution in [-0.4, -0.2) is 30.1 Å². The Morgan fingerprint density at radius 1 is 1.12 bits per heavy atom. The second-order valence-electron chi connectivity index (χ2n) is 7.72. The average molecular weight is 488 g/mol. The molecule has 1 heterocycles. The second-order valence-corrected chi connectivity index (χ2v) is 8.12. The summed E-state index contributed by atoms with van der Waals surface area (Å²) in [5, 5.41) is 12.3. The number of halogens is 3. The van der Waals surface area contributed by atoms with E-state index in [0.717, 1.165) is 6.07 Å². The summed E-state index contributed by atoms with van der Waals surface area (Å²) >= 11 is 6.31. The maximum atomic E-state index is 13.7. The summed E-state index contributed by atoms with van der Waals surface area (Å²) in [5.41, 5.74) is 1.19. The predicted molar refractivity (Wildman–Crippen MR) is 121 cm³/mol. The van der Waals surface area contributed by atoms with Crippen molar-refractivity contribution in [2.24, 2.45) is 0 Å². The number of benzene rings is 3. The molecule has 3 aromatic rings. The van der Waals surface area contributed by atoms with Gasteiger partial charge in [0.1, 0.15) is 28.9 Å². The summed E-state index contributed by atoms with van der Waals surface area (Å²) in [5.74, 6) is -2.16. The molecule has 9 heteroatoms. The lowest BCUT2D eigenvalue weighted by molar-refractivity contribution is -0.139. The molecule has 0 radical (unpaired) electrons. The van der Waals surface area contributed by atoms with Crippen LogP contribution < -0.4 is 14.8 Å². The van der Waals surface area contributed by atoms with Crippen molar-refractivity contribution >= 4 is 23.5 Å². The Kier molecular flexibility index (Phi) is 6.98. The van der Waals surface area contributed by atoms with Gasteiger partial charge in [0, 0.05) is 29.8 Å². The molecule has 0 aromatic heterocycles. The Balaban J connectivity index is 1.38. The van der Waals surface area contributed by atoms with E-state index in [0.29, 0.717) is 40.4 Å². The lowest BCUT2D eigenvalue weighted by Gasteiger charge is -2.24. The van der Waals surface area contributed by atoms with Gasteiger partial charge >= 0.3 is 5.97 Å². The molecule has 0 fully saturated rings. The van der Waals surface area contributed by atoms with Crippen LogP contribution in [-0.2, 0) is 11.2 Å². The molecule has 1 amide bonds. The van der Waals surface area contributed by atoms with E-state index >= 15 is 0 Å². The van der Waals surface area contributed by atoms with Gasteiger partial charge in [-0.1, -0.05) is 17.7 Å². The number of carboxylic acids is 1. The van der Waals surface area contributed by atoms with Crippen LogP contribution in [0.3, 0.4) is 0 Å². The molecule has 0 spiro atoms. The van der Waals surface area contributed by atoms with Gasteiger partial charge in [-0.2, -0.15) is 0 Å². The molecular weight excluding hydrogens is 468 g/mol. The Morgan fingerprint density at radius 3 is 2.59 bits per heavy atom. The first-order valence-corrected chi connectivity index (χ1v) is 10.9. The summed E-state index contributed by atoms with van der Waals surface area (Å²) < 4.78 is 38.0. The molecule has 0 saturated heterocycles. The SMILES string of the molecule is O=C(NCCc1ccc(F)cc1F)c1ccc(Oc2cc3c(cc2Cl)C(C(=O)O)CCO3)cc1. The number of carbonyl (C=O) groups is 2. The van der Waals surface area contributed by atoms with Crippen molar-refractivity contribution in [2.75, 3.05) is 13.2 Å². The van der Waals surface area contributed by atoms with Gasteiger partial charge in [0.25, 0.3) is 5.91 Å². The van der Waals surface area contributed by atoms with Crippen molar-refractivity contribution in [2.45, 2.75) is 18.8 Å². The van der Waals surface area contributed by atoms with E-state index in [4.69, 9.17) is 21.1 Å². The third kappa shape index (κ3) is 5.28. The minimum atomic E-state index is -0.939. The van der Waals surface area contributed by atoms with Crippen molar-refractivity contribution in [3.63, 3.8) is 0 Å². The average Bonchev–Trinajstić information content (AvgIpc) is 2.81. The van der Waals surface area contributed by atoms with Gasteiger partial charge in [0.15, 0.2) is 0 Å². The Hall–Kier alpha value is -3.65. The minimum Gasteiger partial charge on any atom is -0.493 e. The molecule has 2 N–H and O–H groups in total. The molecule has 176 valence electrons. The number of hydrogen-bond donors (Lipinski definition) is 2. The highest BCUT2D eigenvalue weighted by molar-refractivity contribution is 6.32. The molecule has 0 aliphatic carbocycles. The molecule has 1 aliphatic heterocycles. The number of carbonyl (C=O) groups excluding carboxylic acids is 1. The van der Waals surface area contributed by atoms with E-state index in [9.17, 15) is 23.5 Å². The fourth-order valence-corrected chi connectivity index (χ4v) is 3.87. The molecule has 1 atom stereocenters. The van der Waals surface area contributed by atoms with E-state index in [1.807, 2.05) is 0 Å². The molecule has 1 unspecified atom stereocenters. The zero-order valence-corrected chi connectivity index (χ0v) is 18.6. The summed E-state index contributed by atoms with van der Waals surface area (Å²) in [6.07, 6.45) is 0.585. The normalized spacial score (nSPS) is 14.6. The Morgan fingerprint density at radius 2 is 1.88 bits per heavy atom. The quantitative estimate of drug-likeness (QED) is 0.470.